The van der Waals surface area contributed by atoms with Gasteiger partial charge in [0.1, 0.15) is 28.8 Å². The summed E-state index contributed by atoms with van der Waals surface area (Å²) < 4.78 is 40.8. The second-order valence-electron chi connectivity index (χ2n) is 9.17. The molecule has 0 spiro atoms. The molecule has 2 unspecified atom stereocenters. The van der Waals surface area contributed by atoms with Crippen LogP contribution in [0.4, 0.5) is 23.8 Å². The molecule has 1 aromatic heterocycles. The van der Waals surface area contributed by atoms with E-state index in [2.05, 4.69) is 10.3 Å². The first-order chi connectivity index (χ1) is 15.0. The predicted octanol–water partition coefficient (Wildman–Crippen LogP) is 5.10. The van der Waals surface area contributed by atoms with E-state index in [1.807, 2.05) is 20.8 Å². The maximum absolute atomic E-state index is 13.9. The van der Waals surface area contributed by atoms with Gasteiger partial charge < -0.3 is 15.3 Å². The van der Waals surface area contributed by atoms with Crippen molar-refractivity contribution in [2.75, 3.05) is 11.9 Å². The molecule has 0 bridgehead atoms. The van der Waals surface area contributed by atoms with Gasteiger partial charge in [-0.15, -0.1) is 0 Å². The second kappa shape index (κ2) is 9.18. The molecule has 0 radical (unpaired) electrons. The zero-order valence-corrected chi connectivity index (χ0v) is 18.2. The van der Waals surface area contributed by atoms with Crippen LogP contribution in [0.2, 0.25) is 0 Å². The number of benzene rings is 1. The summed E-state index contributed by atoms with van der Waals surface area (Å²) in [4.78, 5) is 29.8. The monoisotopic (exact) mass is 449 g/mol. The Morgan fingerprint density at radius 2 is 1.84 bits per heavy atom. The summed E-state index contributed by atoms with van der Waals surface area (Å²) in [5.74, 6) is -4.46. The number of hydrogen-bond donors (Lipinski definition) is 2. The second-order valence-corrected chi connectivity index (χ2v) is 9.17. The van der Waals surface area contributed by atoms with Gasteiger partial charge in [0, 0.05) is 30.4 Å². The molecule has 2 N–H and O–H groups in total. The van der Waals surface area contributed by atoms with Crippen LogP contribution in [0.5, 0.6) is 0 Å². The number of hydrogen-bond acceptors (Lipinski definition) is 3. The van der Waals surface area contributed by atoms with Crippen LogP contribution < -0.4 is 5.32 Å². The van der Waals surface area contributed by atoms with Gasteiger partial charge in [0.25, 0.3) is 5.91 Å². The van der Waals surface area contributed by atoms with Gasteiger partial charge >= 0.3 is 6.09 Å². The van der Waals surface area contributed by atoms with Crippen LogP contribution in [0.25, 0.3) is 0 Å². The molecule has 1 fully saturated rings. The van der Waals surface area contributed by atoms with Gasteiger partial charge in [0.2, 0.25) is 0 Å². The highest BCUT2D eigenvalue weighted by Crippen LogP contribution is 2.35. The standard InChI is InChI=1S/C23H26F3N3O3/c1-23(2,3)18-10-13(7-8-29(18)22(31)32)9-15-5-4-6-19(27-15)28-21(30)20-16(25)11-14(24)12-17(20)26/h4-6,11-13,18H,7-10H2,1-3H3,(H,31,32)(H,27,28,30). The lowest BCUT2D eigenvalue weighted by Gasteiger charge is -2.44. The fourth-order valence-corrected chi connectivity index (χ4v) is 4.17. The Bertz CT molecular complexity index is 1000. The Morgan fingerprint density at radius 1 is 1.19 bits per heavy atom. The van der Waals surface area contributed by atoms with Crippen LogP contribution in [-0.4, -0.2) is 39.6 Å². The van der Waals surface area contributed by atoms with E-state index in [0.29, 0.717) is 43.6 Å². The van der Waals surface area contributed by atoms with Crippen molar-refractivity contribution >= 4 is 17.8 Å². The molecule has 9 heteroatoms. The van der Waals surface area contributed by atoms with E-state index in [1.165, 1.54) is 11.0 Å². The molecule has 32 heavy (non-hydrogen) atoms. The number of piperidine rings is 1. The van der Waals surface area contributed by atoms with Gasteiger partial charge in [-0.1, -0.05) is 26.8 Å². The van der Waals surface area contributed by atoms with E-state index in [0.717, 1.165) is 0 Å². The maximum Gasteiger partial charge on any atom is 0.407 e. The van der Waals surface area contributed by atoms with Gasteiger partial charge in [-0.2, -0.15) is 0 Å². The van der Waals surface area contributed by atoms with Crippen molar-refractivity contribution in [2.45, 2.75) is 46.1 Å². The summed E-state index contributed by atoms with van der Waals surface area (Å²) in [6.45, 7) is 6.47. The third-order valence-electron chi connectivity index (χ3n) is 5.74. The quantitative estimate of drug-likeness (QED) is 0.681. The molecule has 2 heterocycles. The highest BCUT2D eigenvalue weighted by molar-refractivity contribution is 6.04. The van der Waals surface area contributed by atoms with E-state index >= 15 is 0 Å². The minimum atomic E-state index is -1.30. The van der Waals surface area contributed by atoms with Gasteiger partial charge in [-0.05, 0) is 42.7 Å². The Morgan fingerprint density at radius 3 is 2.44 bits per heavy atom. The minimum Gasteiger partial charge on any atom is -0.465 e. The lowest BCUT2D eigenvalue weighted by Crippen LogP contribution is -2.51. The molecule has 1 aromatic carbocycles. The van der Waals surface area contributed by atoms with Gasteiger partial charge in [-0.3, -0.25) is 4.79 Å². The van der Waals surface area contributed by atoms with Crippen molar-refractivity contribution in [3.05, 3.63) is 59.0 Å². The molecule has 1 saturated heterocycles. The van der Waals surface area contributed by atoms with Gasteiger partial charge in [0.05, 0.1) is 0 Å². The topological polar surface area (TPSA) is 82.5 Å². The fourth-order valence-electron chi connectivity index (χ4n) is 4.17. The maximum atomic E-state index is 13.9. The predicted molar refractivity (Wildman–Crippen MR) is 113 cm³/mol. The summed E-state index contributed by atoms with van der Waals surface area (Å²) >= 11 is 0. The number of nitrogens with one attached hydrogen (secondary N) is 1. The molecular formula is C23H26F3N3O3. The first-order valence-electron chi connectivity index (χ1n) is 10.4. The first kappa shape index (κ1) is 23.6. The molecule has 6 nitrogen and oxygen atoms in total. The number of amides is 2. The first-order valence-corrected chi connectivity index (χ1v) is 10.4. The zero-order valence-electron chi connectivity index (χ0n) is 18.2. The van der Waals surface area contributed by atoms with E-state index in [1.54, 1.807) is 12.1 Å². The summed E-state index contributed by atoms with van der Waals surface area (Å²) in [6.07, 6.45) is 1.01. The van der Waals surface area contributed by atoms with Gasteiger partial charge in [0.15, 0.2) is 0 Å². The lowest BCUT2D eigenvalue weighted by molar-refractivity contribution is 0.0405. The number of rotatable bonds is 4. The highest BCUT2D eigenvalue weighted by atomic mass is 19.1. The number of anilines is 1. The SMILES string of the molecule is CC(C)(C)C1CC(Cc2cccc(NC(=O)c3c(F)cc(F)cc3F)n2)CCN1C(=O)O. The van der Waals surface area contributed by atoms with Crippen molar-refractivity contribution in [1.29, 1.82) is 0 Å². The fraction of sp³-hybridized carbons (Fsp3) is 0.435. The van der Waals surface area contributed by atoms with E-state index in [-0.39, 0.29) is 23.2 Å². The normalized spacial score (nSPS) is 19.0. The van der Waals surface area contributed by atoms with Crippen LogP contribution in [0.1, 0.15) is 49.7 Å². The van der Waals surface area contributed by atoms with Crippen molar-refractivity contribution in [1.82, 2.24) is 9.88 Å². The number of carboxylic acid groups (broad SMARTS) is 1. The molecular weight excluding hydrogens is 423 g/mol. The molecule has 1 aliphatic heterocycles. The lowest BCUT2D eigenvalue weighted by atomic mass is 9.76. The Hall–Kier alpha value is -3.10. The van der Waals surface area contributed by atoms with Crippen LogP contribution in [0.3, 0.4) is 0 Å². The largest absolute Gasteiger partial charge is 0.465 e. The van der Waals surface area contributed by atoms with Crippen molar-refractivity contribution in [3.63, 3.8) is 0 Å². The van der Waals surface area contributed by atoms with Crippen LogP contribution in [0, 0.1) is 28.8 Å². The zero-order chi connectivity index (χ0) is 23.6. The molecule has 172 valence electrons. The Labute approximate surface area is 184 Å². The van der Waals surface area contributed by atoms with E-state index < -0.39 is 35.0 Å². The summed E-state index contributed by atoms with van der Waals surface area (Å²) in [5, 5.41) is 11.9. The molecule has 0 aliphatic carbocycles. The molecule has 0 saturated carbocycles. The summed E-state index contributed by atoms with van der Waals surface area (Å²) in [5.41, 5.74) is -0.430. The Balaban J connectivity index is 1.72. The minimum absolute atomic E-state index is 0.117. The van der Waals surface area contributed by atoms with Gasteiger partial charge in [-0.25, -0.2) is 22.9 Å². The molecule has 3 rings (SSSR count). The average molecular weight is 449 g/mol. The number of aromatic nitrogens is 1. The molecule has 2 atom stereocenters. The van der Waals surface area contributed by atoms with Crippen LogP contribution in [-0.2, 0) is 6.42 Å². The van der Waals surface area contributed by atoms with E-state index in [9.17, 15) is 27.9 Å². The number of carbonyl (C=O) groups is 2. The summed E-state index contributed by atoms with van der Waals surface area (Å²) in [7, 11) is 0. The number of likely N-dealkylation sites (tertiary alicyclic amines) is 1. The molecule has 2 amide bonds. The number of carbonyl (C=O) groups excluding carboxylic acids is 1. The number of pyridine rings is 1. The van der Waals surface area contributed by atoms with Crippen molar-refractivity contribution in [3.8, 4) is 0 Å². The van der Waals surface area contributed by atoms with Crippen molar-refractivity contribution < 1.29 is 27.9 Å². The average Bonchev–Trinajstić information content (AvgIpc) is 2.66. The molecule has 2 aromatic rings. The third kappa shape index (κ3) is 5.38. The van der Waals surface area contributed by atoms with E-state index in [4.69, 9.17) is 0 Å². The van der Waals surface area contributed by atoms with Crippen molar-refractivity contribution in [2.24, 2.45) is 11.3 Å². The smallest absolute Gasteiger partial charge is 0.407 e. The summed E-state index contributed by atoms with van der Waals surface area (Å²) in [6, 6.07) is 5.69. The number of nitrogens with zero attached hydrogens (tertiary/aromatic N) is 2. The highest BCUT2D eigenvalue weighted by Gasteiger charge is 2.38. The number of halogens is 3. The van der Waals surface area contributed by atoms with Crippen LogP contribution in [0.15, 0.2) is 30.3 Å². The Kier molecular flexibility index (Phi) is 6.76. The third-order valence-corrected chi connectivity index (χ3v) is 5.74. The molecule has 1 aliphatic rings. The van der Waals surface area contributed by atoms with Crippen LogP contribution >= 0.6 is 0 Å².